The molecule has 0 atom stereocenters. The number of hydrogen-bond acceptors (Lipinski definition) is 4. The molecule has 2 rings (SSSR count). The fraction of sp³-hybridized carbons (Fsp3) is 0.391. The summed E-state index contributed by atoms with van der Waals surface area (Å²) in [5, 5.41) is 8.80. The molecule has 0 spiro atoms. The van der Waals surface area contributed by atoms with Crippen molar-refractivity contribution in [3.63, 3.8) is 0 Å². The molecule has 0 heterocycles. The monoisotopic (exact) mass is 399 g/mol. The van der Waals surface area contributed by atoms with E-state index in [-0.39, 0.29) is 11.3 Å². The van der Waals surface area contributed by atoms with Crippen LogP contribution in [0.1, 0.15) is 42.3 Å². The van der Waals surface area contributed by atoms with Crippen molar-refractivity contribution >= 4 is 11.9 Å². The maximum absolute atomic E-state index is 13.0. The van der Waals surface area contributed by atoms with Gasteiger partial charge in [0, 0.05) is 24.6 Å². The third kappa shape index (κ3) is 5.98. The van der Waals surface area contributed by atoms with Gasteiger partial charge in [-0.15, -0.1) is 0 Å². The van der Waals surface area contributed by atoms with Crippen molar-refractivity contribution < 1.29 is 24.2 Å². The Morgan fingerprint density at radius 2 is 1.69 bits per heavy atom. The fourth-order valence-corrected chi connectivity index (χ4v) is 3.15. The normalized spacial score (nSPS) is 11.1. The molecule has 0 saturated heterocycles. The number of carbonyl (C=O) groups is 2. The van der Waals surface area contributed by atoms with Crippen LogP contribution in [0.25, 0.3) is 0 Å². The van der Waals surface area contributed by atoms with E-state index in [1.807, 2.05) is 13.8 Å². The highest BCUT2D eigenvalue weighted by Crippen LogP contribution is 2.30. The Morgan fingerprint density at radius 3 is 2.28 bits per heavy atom. The first-order valence-electron chi connectivity index (χ1n) is 9.58. The Balaban J connectivity index is 2.18. The van der Waals surface area contributed by atoms with Gasteiger partial charge in [0.1, 0.15) is 0 Å². The number of hydrogen-bond donors (Lipinski definition) is 1. The van der Waals surface area contributed by atoms with E-state index in [1.54, 1.807) is 30.1 Å². The first-order chi connectivity index (χ1) is 13.6. The van der Waals surface area contributed by atoms with Crippen molar-refractivity contribution in [3.8, 4) is 11.5 Å². The van der Waals surface area contributed by atoms with Crippen LogP contribution in [-0.2, 0) is 10.2 Å². The van der Waals surface area contributed by atoms with E-state index in [0.717, 1.165) is 5.56 Å². The minimum absolute atomic E-state index is 0.143. The summed E-state index contributed by atoms with van der Waals surface area (Å²) in [6, 6.07) is 13.1. The molecule has 0 aromatic heterocycles. The maximum Gasteiger partial charge on any atom is 0.341 e. The van der Waals surface area contributed by atoms with Gasteiger partial charge in [-0.2, -0.15) is 0 Å². The van der Waals surface area contributed by atoms with Crippen LogP contribution in [0.4, 0.5) is 0 Å². The lowest BCUT2D eigenvalue weighted by atomic mass is 9.83. The summed E-state index contributed by atoms with van der Waals surface area (Å²) in [7, 11) is 1.77. The van der Waals surface area contributed by atoms with Crippen LogP contribution < -0.4 is 9.47 Å². The molecule has 6 heteroatoms. The van der Waals surface area contributed by atoms with Crippen LogP contribution in [0.15, 0.2) is 42.5 Å². The Morgan fingerprint density at radius 1 is 1.03 bits per heavy atom. The van der Waals surface area contributed by atoms with Gasteiger partial charge in [-0.3, -0.25) is 4.79 Å². The SMILES string of the molecule is CCOc1cc(C(=O)N(C)CC(C)(C)c2ccc(C)cc2)ccc1OCC(=O)O. The van der Waals surface area contributed by atoms with Gasteiger partial charge >= 0.3 is 5.97 Å². The van der Waals surface area contributed by atoms with E-state index in [1.165, 1.54) is 5.56 Å². The van der Waals surface area contributed by atoms with E-state index in [9.17, 15) is 9.59 Å². The summed E-state index contributed by atoms with van der Waals surface area (Å²) in [5.74, 6) is -0.569. The van der Waals surface area contributed by atoms with Crippen molar-refractivity contribution in [1.29, 1.82) is 0 Å². The predicted octanol–water partition coefficient (Wildman–Crippen LogP) is 3.91. The molecule has 2 aromatic rings. The summed E-state index contributed by atoms with van der Waals surface area (Å²) in [4.78, 5) is 25.4. The molecule has 0 bridgehead atoms. The zero-order valence-corrected chi connectivity index (χ0v) is 17.7. The molecule has 156 valence electrons. The van der Waals surface area contributed by atoms with Crippen LogP contribution in [0.2, 0.25) is 0 Å². The number of aliphatic carboxylic acids is 1. The number of carboxylic acids is 1. The van der Waals surface area contributed by atoms with Crippen molar-refractivity contribution in [1.82, 2.24) is 4.90 Å². The molecule has 1 N–H and O–H groups in total. The summed E-state index contributed by atoms with van der Waals surface area (Å²) in [6.45, 7) is 8.51. The number of carbonyl (C=O) groups excluding carboxylic acids is 1. The van der Waals surface area contributed by atoms with Gasteiger partial charge in [0.2, 0.25) is 0 Å². The van der Waals surface area contributed by atoms with Crippen LogP contribution in [-0.4, -0.2) is 48.7 Å². The average molecular weight is 399 g/mol. The Hall–Kier alpha value is -3.02. The van der Waals surface area contributed by atoms with E-state index >= 15 is 0 Å². The van der Waals surface area contributed by atoms with Crippen molar-refractivity contribution in [3.05, 3.63) is 59.2 Å². The Labute approximate surface area is 172 Å². The third-order valence-electron chi connectivity index (χ3n) is 4.65. The molecule has 6 nitrogen and oxygen atoms in total. The van der Waals surface area contributed by atoms with Gasteiger partial charge < -0.3 is 19.5 Å². The van der Waals surface area contributed by atoms with Crippen LogP contribution in [0, 0.1) is 6.92 Å². The molecular weight excluding hydrogens is 370 g/mol. The van der Waals surface area contributed by atoms with E-state index in [4.69, 9.17) is 14.6 Å². The van der Waals surface area contributed by atoms with Crippen LogP contribution >= 0.6 is 0 Å². The van der Waals surface area contributed by atoms with E-state index < -0.39 is 12.6 Å². The zero-order valence-electron chi connectivity index (χ0n) is 17.7. The fourth-order valence-electron chi connectivity index (χ4n) is 3.15. The standard InChI is InChI=1S/C23H29NO5/c1-6-28-20-13-17(9-12-19(20)29-14-21(25)26)22(27)24(5)15-23(3,4)18-10-7-16(2)8-11-18/h7-13H,6,14-15H2,1-5H3,(H,25,26). The van der Waals surface area contributed by atoms with Gasteiger partial charge in [-0.05, 0) is 37.6 Å². The molecule has 0 radical (unpaired) electrons. The lowest BCUT2D eigenvalue weighted by molar-refractivity contribution is -0.139. The van der Waals surface area contributed by atoms with Crippen LogP contribution in [0.3, 0.4) is 0 Å². The van der Waals surface area contributed by atoms with Gasteiger partial charge in [-0.1, -0.05) is 43.7 Å². The number of benzene rings is 2. The third-order valence-corrected chi connectivity index (χ3v) is 4.65. The minimum atomic E-state index is -1.08. The molecule has 29 heavy (non-hydrogen) atoms. The predicted molar refractivity (Wildman–Crippen MR) is 112 cm³/mol. The number of rotatable bonds is 9. The lowest BCUT2D eigenvalue weighted by Crippen LogP contribution is -2.38. The van der Waals surface area contributed by atoms with Gasteiger partial charge in [0.15, 0.2) is 18.1 Å². The highest BCUT2D eigenvalue weighted by atomic mass is 16.5. The molecule has 0 saturated carbocycles. The van der Waals surface area contributed by atoms with Crippen molar-refractivity contribution in [2.45, 2.75) is 33.1 Å². The second-order valence-corrected chi connectivity index (χ2v) is 7.69. The second-order valence-electron chi connectivity index (χ2n) is 7.69. The first kappa shape index (κ1) is 22.3. The number of likely N-dealkylation sites (N-methyl/N-ethyl adjacent to an activating group) is 1. The number of nitrogens with zero attached hydrogens (tertiary/aromatic N) is 1. The Bertz CT molecular complexity index is 858. The van der Waals surface area contributed by atoms with Gasteiger partial charge in [0.05, 0.1) is 6.61 Å². The summed E-state index contributed by atoms with van der Waals surface area (Å²) in [5.41, 5.74) is 2.60. The van der Waals surface area contributed by atoms with E-state index in [0.29, 0.717) is 30.2 Å². The average Bonchev–Trinajstić information content (AvgIpc) is 2.66. The second kappa shape index (κ2) is 9.45. The molecule has 0 fully saturated rings. The Kier molecular flexibility index (Phi) is 7.26. The minimum Gasteiger partial charge on any atom is -0.490 e. The van der Waals surface area contributed by atoms with Gasteiger partial charge in [-0.25, -0.2) is 4.79 Å². The highest BCUT2D eigenvalue weighted by Gasteiger charge is 2.26. The number of amides is 1. The first-order valence-corrected chi connectivity index (χ1v) is 9.58. The quantitative estimate of drug-likeness (QED) is 0.692. The van der Waals surface area contributed by atoms with Crippen LogP contribution in [0.5, 0.6) is 11.5 Å². The molecule has 1 amide bonds. The van der Waals surface area contributed by atoms with Crippen molar-refractivity contribution in [2.24, 2.45) is 0 Å². The summed E-state index contributed by atoms with van der Waals surface area (Å²) >= 11 is 0. The molecule has 0 unspecified atom stereocenters. The topological polar surface area (TPSA) is 76.1 Å². The summed E-state index contributed by atoms with van der Waals surface area (Å²) < 4.78 is 10.8. The molecule has 2 aromatic carbocycles. The van der Waals surface area contributed by atoms with Crippen molar-refractivity contribution in [2.75, 3.05) is 26.8 Å². The zero-order chi connectivity index (χ0) is 21.6. The number of ether oxygens (including phenoxy) is 2. The highest BCUT2D eigenvalue weighted by molar-refractivity contribution is 5.94. The molecule has 0 aliphatic carbocycles. The molecular formula is C23H29NO5. The molecule has 0 aliphatic heterocycles. The smallest absolute Gasteiger partial charge is 0.341 e. The largest absolute Gasteiger partial charge is 0.490 e. The lowest BCUT2D eigenvalue weighted by Gasteiger charge is -2.31. The van der Waals surface area contributed by atoms with E-state index in [2.05, 4.69) is 38.1 Å². The molecule has 0 aliphatic rings. The summed E-state index contributed by atoms with van der Waals surface area (Å²) in [6.07, 6.45) is 0. The maximum atomic E-state index is 13.0. The number of aryl methyl sites for hydroxylation is 1. The van der Waals surface area contributed by atoms with Gasteiger partial charge in [0.25, 0.3) is 5.91 Å². The number of carboxylic acid groups (broad SMARTS) is 1.